The highest BCUT2D eigenvalue weighted by Gasteiger charge is 2.32. The first kappa shape index (κ1) is 13.2. The van der Waals surface area contributed by atoms with Gasteiger partial charge in [-0.1, -0.05) is 0 Å². The maximum absolute atomic E-state index is 11.7. The van der Waals surface area contributed by atoms with Crippen LogP contribution in [0.25, 0.3) is 6.08 Å². The molecule has 1 fully saturated rings. The summed E-state index contributed by atoms with van der Waals surface area (Å²) in [6.45, 7) is 0. The number of nitrogens with zero attached hydrogens (tertiary/aromatic N) is 2. The van der Waals surface area contributed by atoms with E-state index in [0.29, 0.717) is 16.5 Å². The molecule has 7 heteroatoms. The number of thioether (sulfide) groups is 1. The molecule has 1 aliphatic heterocycles. The third-order valence-corrected chi connectivity index (χ3v) is 3.88. The predicted octanol–water partition coefficient (Wildman–Crippen LogP) is 2.77. The second kappa shape index (κ2) is 4.81. The third-order valence-electron chi connectivity index (χ3n) is 2.35. The van der Waals surface area contributed by atoms with Crippen molar-refractivity contribution >= 4 is 50.8 Å². The van der Waals surface area contributed by atoms with Gasteiger partial charge in [-0.2, -0.15) is 0 Å². The zero-order valence-electron chi connectivity index (χ0n) is 10.1. The third kappa shape index (κ3) is 2.32. The first-order valence-corrected chi connectivity index (χ1v) is 6.69. The Morgan fingerprint density at radius 1 is 1.44 bits per heavy atom. The number of anilines is 1. The smallest absolute Gasteiger partial charge is 0.293 e. The number of hydrogen-bond donors (Lipinski definition) is 0. The number of hydrogen-bond acceptors (Lipinski definition) is 5. The van der Waals surface area contributed by atoms with E-state index in [1.807, 2.05) is 19.0 Å². The van der Waals surface area contributed by atoms with Crippen molar-refractivity contribution in [2.75, 3.05) is 26.0 Å². The van der Waals surface area contributed by atoms with E-state index in [1.54, 1.807) is 12.1 Å². The van der Waals surface area contributed by atoms with Crippen molar-refractivity contribution in [1.82, 2.24) is 4.90 Å². The van der Waals surface area contributed by atoms with Crippen molar-refractivity contribution in [3.63, 3.8) is 0 Å². The van der Waals surface area contributed by atoms with Crippen molar-refractivity contribution in [2.24, 2.45) is 0 Å². The van der Waals surface area contributed by atoms with Crippen molar-refractivity contribution in [3.8, 4) is 0 Å². The van der Waals surface area contributed by atoms with Crippen LogP contribution in [-0.2, 0) is 4.79 Å². The Labute approximate surface area is 117 Å². The fourth-order valence-electron chi connectivity index (χ4n) is 1.43. The number of likely N-dealkylation sites (N-methyl/N-ethyl adjacent to an activating group) is 1. The maximum Gasteiger partial charge on any atom is 0.293 e. The van der Waals surface area contributed by atoms with Gasteiger partial charge < -0.3 is 9.32 Å². The van der Waals surface area contributed by atoms with E-state index in [-0.39, 0.29) is 11.1 Å². The molecule has 2 rings (SSSR count). The molecule has 0 N–H and O–H groups in total. The Hall–Kier alpha value is -1.21. The number of halogens is 1. The first-order valence-electron chi connectivity index (χ1n) is 5.08. The Morgan fingerprint density at radius 2 is 2.11 bits per heavy atom. The van der Waals surface area contributed by atoms with Crippen molar-refractivity contribution in [2.45, 2.75) is 0 Å². The summed E-state index contributed by atoms with van der Waals surface area (Å²) < 4.78 is 6.36. The number of carbonyl (C=O) groups excluding carboxylic acids is 2. The lowest BCUT2D eigenvalue weighted by Gasteiger charge is -2.07. The Balaban J connectivity index is 2.32. The molecule has 0 bridgehead atoms. The molecule has 1 aromatic heterocycles. The van der Waals surface area contributed by atoms with E-state index >= 15 is 0 Å². The SMILES string of the molecule is CN1C(=O)SC(=Cc2cc(Br)c(N(C)C)o2)C1=O. The van der Waals surface area contributed by atoms with E-state index in [0.717, 1.165) is 21.1 Å². The van der Waals surface area contributed by atoms with Gasteiger partial charge in [-0.25, -0.2) is 0 Å². The lowest BCUT2D eigenvalue weighted by Crippen LogP contribution is -2.22. The number of furan rings is 1. The predicted molar refractivity (Wildman–Crippen MR) is 74.5 cm³/mol. The van der Waals surface area contributed by atoms with Crippen LogP contribution in [0.1, 0.15) is 5.76 Å². The summed E-state index contributed by atoms with van der Waals surface area (Å²) in [5, 5.41) is -0.273. The molecule has 0 atom stereocenters. The summed E-state index contributed by atoms with van der Waals surface area (Å²) in [6, 6.07) is 1.76. The molecule has 0 spiro atoms. The molecule has 5 nitrogen and oxygen atoms in total. The van der Waals surface area contributed by atoms with Crippen LogP contribution < -0.4 is 4.90 Å². The lowest BCUT2D eigenvalue weighted by molar-refractivity contribution is -0.121. The molecule has 0 aliphatic carbocycles. The first-order chi connectivity index (χ1) is 8.40. The average Bonchev–Trinajstić information content (AvgIpc) is 2.76. The minimum atomic E-state index is -0.302. The minimum Gasteiger partial charge on any atom is -0.440 e. The molecule has 1 saturated heterocycles. The number of rotatable bonds is 2. The molecule has 2 heterocycles. The molecule has 1 aromatic rings. The van der Waals surface area contributed by atoms with Gasteiger partial charge in [0.2, 0.25) is 5.88 Å². The zero-order chi connectivity index (χ0) is 13.4. The van der Waals surface area contributed by atoms with E-state index in [9.17, 15) is 9.59 Å². The summed E-state index contributed by atoms with van der Waals surface area (Å²) in [5.41, 5.74) is 0. The molecule has 18 heavy (non-hydrogen) atoms. The summed E-state index contributed by atoms with van der Waals surface area (Å²) in [6.07, 6.45) is 1.58. The van der Waals surface area contributed by atoms with Gasteiger partial charge in [-0.3, -0.25) is 14.5 Å². The molecule has 96 valence electrons. The monoisotopic (exact) mass is 330 g/mol. The fourth-order valence-corrected chi connectivity index (χ4v) is 2.90. The average molecular weight is 331 g/mol. The van der Waals surface area contributed by atoms with Gasteiger partial charge in [0.05, 0.1) is 9.38 Å². The van der Waals surface area contributed by atoms with E-state index in [4.69, 9.17) is 4.42 Å². The van der Waals surface area contributed by atoms with Crippen LogP contribution in [0.15, 0.2) is 19.9 Å². The number of carbonyl (C=O) groups is 2. The van der Waals surface area contributed by atoms with Crippen LogP contribution in [0.2, 0.25) is 0 Å². The topological polar surface area (TPSA) is 53.8 Å². The van der Waals surface area contributed by atoms with Gasteiger partial charge in [-0.15, -0.1) is 0 Å². The maximum atomic E-state index is 11.7. The van der Waals surface area contributed by atoms with E-state index < -0.39 is 0 Å². The van der Waals surface area contributed by atoms with Crippen LogP contribution >= 0.6 is 27.7 Å². The quantitative estimate of drug-likeness (QED) is 0.780. The van der Waals surface area contributed by atoms with Crippen LogP contribution in [-0.4, -0.2) is 37.2 Å². The molecular formula is C11H11BrN2O3S. The second-order valence-corrected chi connectivity index (χ2v) is 5.78. The van der Waals surface area contributed by atoms with Crippen molar-refractivity contribution in [1.29, 1.82) is 0 Å². The summed E-state index contributed by atoms with van der Waals surface area (Å²) in [7, 11) is 5.17. The lowest BCUT2D eigenvalue weighted by atomic mass is 10.3. The molecular weight excluding hydrogens is 320 g/mol. The van der Waals surface area contributed by atoms with E-state index in [1.165, 1.54) is 7.05 Å². The van der Waals surface area contributed by atoms with Gasteiger partial charge in [0.15, 0.2) is 0 Å². The van der Waals surface area contributed by atoms with Crippen molar-refractivity contribution < 1.29 is 14.0 Å². The van der Waals surface area contributed by atoms with Crippen LogP contribution in [0.3, 0.4) is 0 Å². The normalized spacial score (nSPS) is 18.0. The highest BCUT2D eigenvalue weighted by molar-refractivity contribution is 9.10. The van der Waals surface area contributed by atoms with Crippen LogP contribution in [0.4, 0.5) is 10.7 Å². The number of amides is 2. The van der Waals surface area contributed by atoms with Crippen molar-refractivity contribution in [3.05, 3.63) is 21.2 Å². The van der Waals surface area contributed by atoms with Crippen LogP contribution in [0.5, 0.6) is 0 Å². The van der Waals surface area contributed by atoms with Gasteiger partial charge >= 0.3 is 0 Å². The summed E-state index contributed by atoms with van der Waals surface area (Å²) in [5.74, 6) is 0.894. The van der Waals surface area contributed by atoms with Gasteiger partial charge in [0.25, 0.3) is 11.1 Å². The molecule has 1 aliphatic rings. The molecule has 0 saturated carbocycles. The zero-order valence-corrected chi connectivity index (χ0v) is 12.5. The Kier molecular flexibility index (Phi) is 3.54. The standard InChI is InChI=1S/C11H11BrN2O3S/c1-13(2)10-7(12)4-6(17-10)5-8-9(15)14(3)11(16)18-8/h4-5H,1-3H3. The Morgan fingerprint density at radius 3 is 2.56 bits per heavy atom. The minimum absolute atomic E-state index is 0.273. The highest BCUT2D eigenvalue weighted by Crippen LogP contribution is 2.34. The van der Waals surface area contributed by atoms with Gasteiger partial charge in [0, 0.05) is 33.3 Å². The Bertz CT molecular complexity index is 550. The molecule has 2 amide bonds. The van der Waals surface area contributed by atoms with Gasteiger partial charge in [0.1, 0.15) is 5.76 Å². The molecule has 0 aromatic carbocycles. The highest BCUT2D eigenvalue weighted by atomic mass is 79.9. The fraction of sp³-hybridized carbons (Fsp3) is 0.273. The molecule has 0 unspecified atom stereocenters. The summed E-state index contributed by atoms with van der Waals surface area (Å²) in [4.78, 5) is 26.3. The van der Waals surface area contributed by atoms with Crippen LogP contribution in [0, 0.1) is 0 Å². The summed E-state index contributed by atoms with van der Waals surface area (Å²) >= 11 is 4.28. The second-order valence-electron chi connectivity index (χ2n) is 3.94. The molecule has 0 radical (unpaired) electrons. The van der Waals surface area contributed by atoms with Gasteiger partial charge in [-0.05, 0) is 27.7 Å². The largest absolute Gasteiger partial charge is 0.440 e. The van der Waals surface area contributed by atoms with E-state index in [2.05, 4.69) is 15.9 Å². The number of imide groups is 1.